The molecule has 0 aliphatic rings. The number of hydrogen-bond donors (Lipinski definition) is 1. The Hall–Kier alpha value is -3.22. The molecule has 0 bridgehead atoms. The molecule has 1 amide bonds. The van der Waals surface area contributed by atoms with Gasteiger partial charge in [-0.05, 0) is 37.3 Å². The molecule has 7 heteroatoms. The molecular weight excluding hydrogens is 315 g/mol. The quantitative estimate of drug-likeness (QED) is 0.744. The first-order valence-electron chi connectivity index (χ1n) is 7.14. The lowest BCUT2D eigenvalue weighted by molar-refractivity contribution is -0.123. The van der Waals surface area contributed by atoms with E-state index in [9.17, 15) is 14.0 Å². The van der Waals surface area contributed by atoms with Gasteiger partial charge >= 0.3 is 5.97 Å². The Morgan fingerprint density at radius 2 is 2.04 bits per heavy atom. The fourth-order valence-electron chi connectivity index (χ4n) is 2.06. The van der Waals surface area contributed by atoms with Crippen LogP contribution in [0.15, 0.2) is 53.3 Å². The number of nitrogens with one attached hydrogen (secondary N) is 1. The number of carbonyl (C=O) groups is 2. The molecule has 0 aliphatic carbocycles. The summed E-state index contributed by atoms with van der Waals surface area (Å²) in [5.41, 5.74) is 1.29. The summed E-state index contributed by atoms with van der Waals surface area (Å²) >= 11 is 0. The Bertz CT molecular complexity index is 906. The summed E-state index contributed by atoms with van der Waals surface area (Å²) in [7, 11) is 0. The van der Waals surface area contributed by atoms with Gasteiger partial charge in [-0.2, -0.15) is 0 Å². The fraction of sp³-hybridized carbons (Fsp3) is 0.118. The van der Waals surface area contributed by atoms with E-state index in [4.69, 9.17) is 9.15 Å². The summed E-state index contributed by atoms with van der Waals surface area (Å²) in [5, 5.41) is 2.37. The molecule has 0 radical (unpaired) electrons. The van der Waals surface area contributed by atoms with Gasteiger partial charge in [-0.15, -0.1) is 0 Å². The molecule has 6 nitrogen and oxygen atoms in total. The number of oxazole rings is 1. The third kappa shape index (κ3) is 3.24. The van der Waals surface area contributed by atoms with Gasteiger partial charge in [0.05, 0.1) is 11.3 Å². The Balaban J connectivity index is 1.67. The van der Waals surface area contributed by atoms with Crippen LogP contribution in [0.1, 0.15) is 17.3 Å². The molecule has 3 aromatic rings. The van der Waals surface area contributed by atoms with Gasteiger partial charge in [0.2, 0.25) is 0 Å². The van der Waals surface area contributed by atoms with Crippen LogP contribution in [0.25, 0.3) is 11.1 Å². The lowest BCUT2D eigenvalue weighted by atomic mass is 10.2. The van der Waals surface area contributed by atoms with Crippen LogP contribution in [0.4, 0.5) is 10.1 Å². The molecule has 0 saturated carbocycles. The van der Waals surface area contributed by atoms with Crippen molar-refractivity contribution in [3.63, 3.8) is 0 Å². The number of anilines is 1. The molecule has 1 N–H and O–H groups in total. The van der Waals surface area contributed by atoms with E-state index in [1.807, 2.05) is 0 Å². The van der Waals surface area contributed by atoms with E-state index >= 15 is 0 Å². The number of esters is 1. The Labute approximate surface area is 136 Å². The zero-order valence-electron chi connectivity index (χ0n) is 12.7. The van der Waals surface area contributed by atoms with Crippen LogP contribution in [-0.4, -0.2) is 23.0 Å². The van der Waals surface area contributed by atoms with Crippen LogP contribution < -0.4 is 5.32 Å². The molecule has 0 aliphatic heterocycles. The average Bonchev–Trinajstić information content (AvgIpc) is 3.04. The van der Waals surface area contributed by atoms with E-state index in [0.29, 0.717) is 11.1 Å². The predicted molar refractivity (Wildman–Crippen MR) is 83.9 cm³/mol. The second-order valence-electron chi connectivity index (χ2n) is 5.05. The highest BCUT2D eigenvalue weighted by Crippen LogP contribution is 2.16. The van der Waals surface area contributed by atoms with Crippen LogP contribution in [-0.2, 0) is 9.53 Å². The van der Waals surface area contributed by atoms with E-state index in [0.717, 1.165) is 0 Å². The van der Waals surface area contributed by atoms with Gasteiger partial charge in [0.1, 0.15) is 11.3 Å². The average molecular weight is 328 g/mol. The highest BCUT2D eigenvalue weighted by molar-refractivity contribution is 5.98. The number of nitrogens with zero attached hydrogens (tertiary/aromatic N) is 1. The topological polar surface area (TPSA) is 81.4 Å². The van der Waals surface area contributed by atoms with Crippen molar-refractivity contribution in [3.05, 3.63) is 60.2 Å². The number of benzene rings is 2. The molecule has 0 fully saturated rings. The summed E-state index contributed by atoms with van der Waals surface area (Å²) < 4.78 is 23.7. The van der Waals surface area contributed by atoms with Crippen LogP contribution in [0.3, 0.4) is 0 Å². The maximum Gasteiger partial charge on any atom is 0.339 e. The highest BCUT2D eigenvalue weighted by atomic mass is 19.1. The lowest BCUT2D eigenvalue weighted by Gasteiger charge is -2.13. The monoisotopic (exact) mass is 328 g/mol. The molecule has 2 aromatic carbocycles. The predicted octanol–water partition coefficient (Wildman–Crippen LogP) is 3.15. The minimum absolute atomic E-state index is 0.0217. The SMILES string of the molecule is CC(OC(=O)c1ccc2ncoc2c1)C(=O)Nc1ccccc1F. The zero-order chi connectivity index (χ0) is 17.1. The van der Waals surface area contributed by atoms with Crippen LogP contribution in [0, 0.1) is 5.82 Å². The molecule has 3 rings (SSSR count). The molecule has 0 spiro atoms. The summed E-state index contributed by atoms with van der Waals surface area (Å²) in [6, 6.07) is 10.3. The number of carbonyl (C=O) groups excluding carboxylic acids is 2. The van der Waals surface area contributed by atoms with Crippen molar-refractivity contribution in [2.45, 2.75) is 13.0 Å². The number of ether oxygens (including phenoxy) is 1. The minimum Gasteiger partial charge on any atom is -0.449 e. The zero-order valence-corrected chi connectivity index (χ0v) is 12.7. The summed E-state index contributed by atoms with van der Waals surface area (Å²) in [4.78, 5) is 28.1. The number of aromatic nitrogens is 1. The number of rotatable bonds is 4. The fourth-order valence-corrected chi connectivity index (χ4v) is 2.06. The molecule has 1 unspecified atom stereocenters. The van der Waals surface area contributed by atoms with Crippen molar-refractivity contribution >= 4 is 28.7 Å². The number of hydrogen-bond acceptors (Lipinski definition) is 5. The second kappa shape index (κ2) is 6.49. The van der Waals surface area contributed by atoms with Crippen molar-refractivity contribution in [2.24, 2.45) is 0 Å². The van der Waals surface area contributed by atoms with Crippen LogP contribution in [0.5, 0.6) is 0 Å². The lowest BCUT2D eigenvalue weighted by Crippen LogP contribution is -2.30. The molecule has 1 atom stereocenters. The van der Waals surface area contributed by atoms with E-state index in [2.05, 4.69) is 10.3 Å². The molecular formula is C17H13FN2O4. The van der Waals surface area contributed by atoms with Crippen molar-refractivity contribution in [1.82, 2.24) is 4.98 Å². The molecule has 1 aromatic heterocycles. The minimum atomic E-state index is -1.09. The summed E-state index contributed by atoms with van der Waals surface area (Å²) in [6.45, 7) is 1.40. The Morgan fingerprint density at radius 1 is 1.25 bits per heavy atom. The van der Waals surface area contributed by atoms with E-state index in [1.165, 1.54) is 43.6 Å². The normalized spacial score (nSPS) is 11.9. The first kappa shape index (κ1) is 15.7. The van der Waals surface area contributed by atoms with Crippen molar-refractivity contribution in [1.29, 1.82) is 0 Å². The van der Waals surface area contributed by atoms with Gasteiger partial charge in [-0.1, -0.05) is 12.1 Å². The van der Waals surface area contributed by atoms with Crippen molar-refractivity contribution in [3.8, 4) is 0 Å². The van der Waals surface area contributed by atoms with Gasteiger partial charge in [-0.3, -0.25) is 4.79 Å². The van der Waals surface area contributed by atoms with Crippen LogP contribution in [0.2, 0.25) is 0 Å². The number of halogens is 1. The van der Waals surface area contributed by atoms with Gasteiger partial charge in [0, 0.05) is 0 Å². The first-order valence-corrected chi connectivity index (χ1v) is 7.14. The number of para-hydroxylation sites is 1. The van der Waals surface area contributed by atoms with Gasteiger partial charge in [0.15, 0.2) is 18.1 Å². The Morgan fingerprint density at radius 3 is 2.83 bits per heavy atom. The van der Waals surface area contributed by atoms with E-state index in [1.54, 1.807) is 12.1 Å². The van der Waals surface area contributed by atoms with Crippen LogP contribution >= 0.6 is 0 Å². The summed E-state index contributed by atoms with van der Waals surface area (Å²) in [6.07, 6.45) is 0.173. The van der Waals surface area contributed by atoms with Crippen molar-refractivity contribution in [2.75, 3.05) is 5.32 Å². The largest absolute Gasteiger partial charge is 0.449 e. The molecule has 122 valence electrons. The van der Waals surface area contributed by atoms with Crippen molar-refractivity contribution < 1.29 is 23.1 Å². The van der Waals surface area contributed by atoms with E-state index < -0.39 is 23.8 Å². The molecule has 24 heavy (non-hydrogen) atoms. The maximum absolute atomic E-state index is 13.5. The second-order valence-corrected chi connectivity index (χ2v) is 5.05. The maximum atomic E-state index is 13.5. The summed E-state index contributed by atoms with van der Waals surface area (Å²) in [5.74, 6) is -1.89. The number of fused-ring (bicyclic) bond motifs is 1. The highest BCUT2D eigenvalue weighted by Gasteiger charge is 2.20. The van der Waals surface area contributed by atoms with Gasteiger partial charge in [-0.25, -0.2) is 14.2 Å². The first-order chi connectivity index (χ1) is 11.5. The standard InChI is InChI=1S/C17H13FN2O4/c1-10(16(21)20-13-5-3-2-4-12(13)18)24-17(22)11-6-7-14-15(8-11)23-9-19-14/h2-10H,1H3,(H,20,21). The number of amides is 1. The molecule has 0 saturated heterocycles. The third-order valence-electron chi connectivity index (χ3n) is 3.35. The third-order valence-corrected chi connectivity index (χ3v) is 3.35. The molecule has 1 heterocycles. The Kier molecular flexibility index (Phi) is 4.24. The van der Waals surface area contributed by atoms with Gasteiger partial charge < -0.3 is 14.5 Å². The van der Waals surface area contributed by atoms with E-state index in [-0.39, 0.29) is 11.3 Å². The van der Waals surface area contributed by atoms with Gasteiger partial charge in [0.25, 0.3) is 5.91 Å². The smallest absolute Gasteiger partial charge is 0.339 e.